The van der Waals surface area contributed by atoms with Crippen LogP contribution in [-0.4, -0.2) is 79.7 Å². The van der Waals surface area contributed by atoms with E-state index in [1.54, 1.807) is 0 Å². The zero-order chi connectivity index (χ0) is 17.9. The molecule has 1 fully saturated rings. The molecule has 1 aromatic carbocycles. The quantitative estimate of drug-likeness (QED) is 0.241. The fraction of sp³-hybridized carbons (Fsp3) is 0.600. The number of benzene rings is 1. The highest BCUT2D eigenvalue weighted by Crippen LogP contribution is 2.35. The van der Waals surface area contributed by atoms with Gasteiger partial charge in [-0.15, -0.1) is 0 Å². The summed E-state index contributed by atoms with van der Waals surface area (Å²) in [7, 11) is 0. The molecule has 24 heavy (non-hydrogen) atoms. The fourth-order valence-electron chi connectivity index (χ4n) is 2.49. The first-order valence-corrected chi connectivity index (χ1v) is 7.51. The van der Waals surface area contributed by atoms with E-state index in [0.29, 0.717) is 18.4 Å². The van der Waals surface area contributed by atoms with Crippen LogP contribution in [0.5, 0.6) is 17.2 Å². The highest BCUT2D eigenvalue weighted by molar-refractivity contribution is 5.51. The SMILES string of the molecule is OCC1O[C@@H](OCCCc2cc(O)c(O)c(O)c2)[C@@H](O)C(O)[C@@H]1O. The summed E-state index contributed by atoms with van der Waals surface area (Å²) >= 11 is 0. The number of hydrogen-bond donors (Lipinski definition) is 7. The number of phenols is 3. The van der Waals surface area contributed by atoms with Crippen molar-refractivity contribution >= 4 is 0 Å². The van der Waals surface area contributed by atoms with Crippen molar-refractivity contribution in [1.82, 2.24) is 0 Å². The summed E-state index contributed by atoms with van der Waals surface area (Å²) in [4.78, 5) is 0. The number of aliphatic hydroxyl groups excluding tert-OH is 4. The van der Waals surface area contributed by atoms with Crippen LogP contribution < -0.4 is 0 Å². The van der Waals surface area contributed by atoms with Gasteiger partial charge in [0.15, 0.2) is 23.5 Å². The van der Waals surface area contributed by atoms with Crippen LogP contribution in [0.1, 0.15) is 12.0 Å². The Kier molecular flexibility index (Phi) is 6.21. The van der Waals surface area contributed by atoms with E-state index in [4.69, 9.17) is 14.6 Å². The van der Waals surface area contributed by atoms with Crippen molar-refractivity contribution in [3.8, 4) is 17.2 Å². The normalized spacial score (nSPS) is 30.4. The van der Waals surface area contributed by atoms with Crippen molar-refractivity contribution in [2.75, 3.05) is 13.2 Å². The summed E-state index contributed by atoms with van der Waals surface area (Å²) in [5.41, 5.74) is 0.570. The third-order valence-electron chi connectivity index (χ3n) is 3.87. The van der Waals surface area contributed by atoms with Crippen LogP contribution in [0.3, 0.4) is 0 Å². The lowest BCUT2D eigenvalue weighted by atomic mass is 9.99. The molecular weight excluding hydrogens is 324 g/mol. The molecule has 1 aliphatic heterocycles. The maximum Gasteiger partial charge on any atom is 0.200 e. The van der Waals surface area contributed by atoms with Gasteiger partial charge in [0.25, 0.3) is 0 Å². The van der Waals surface area contributed by atoms with E-state index in [1.807, 2.05) is 0 Å². The lowest BCUT2D eigenvalue weighted by Crippen LogP contribution is -2.59. The molecule has 2 unspecified atom stereocenters. The molecule has 0 spiro atoms. The molecular formula is C15H22O9. The average Bonchev–Trinajstić information content (AvgIpc) is 2.56. The van der Waals surface area contributed by atoms with Crippen LogP contribution in [0.4, 0.5) is 0 Å². The lowest BCUT2D eigenvalue weighted by Gasteiger charge is -2.39. The Labute approximate surface area is 137 Å². The van der Waals surface area contributed by atoms with Crippen molar-refractivity contribution in [3.63, 3.8) is 0 Å². The Balaban J connectivity index is 1.83. The van der Waals surface area contributed by atoms with Crippen molar-refractivity contribution in [3.05, 3.63) is 17.7 Å². The standard InChI is InChI=1S/C15H22O9/c16-6-10-12(20)13(21)14(22)15(24-10)23-3-1-2-7-4-8(17)11(19)9(18)5-7/h4-5,10,12-22H,1-3,6H2/t10?,12-,13?,14+,15-/m1/s1. The van der Waals surface area contributed by atoms with Gasteiger partial charge in [-0.05, 0) is 30.5 Å². The van der Waals surface area contributed by atoms with Gasteiger partial charge in [-0.2, -0.15) is 0 Å². The summed E-state index contributed by atoms with van der Waals surface area (Å²) in [5, 5.41) is 66.3. The average molecular weight is 346 g/mol. The first-order chi connectivity index (χ1) is 11.3. The zero-order valence-corrected chi connectivity index (χ0v) is 12.8. The van der Waals surface area contributed by atoms with E-state index < -0.39 is 54.6 Å². The number of hydrogen-bond acceptors (Lipinski definition) is 9. The van der Waals surface area contributed by atoms with Crippen LogP contribution in [0.2, 0.25) is 0 Å². The van der Waals surface area contributed by atoms with E-state index in [1.165, 1.54) is 12.1 Å². The number of ether oxygens (including phenoxy) is 2. The summed E-state index contributed by atoms with van der Waals surface area (Å²) in [6.45, 7) is -0.415. The molecule has 1 heterocycles. The molecule has 0 aliphatic carbocycles. The molecule has 0 saturated carbocycles. The van der Waals surface area contributed by atoms with Crippen molar-refractivity contribution in [2.45, 2.75) is 43.5 Å². The van der Waals surface area contributed by atoms with Crippen LogP contribution in [0.15, 0.2) is 12.1 Å². The Morgan fingerprint density at radius 3 is 2.17 bits per heavy atom. The minimum atomic E-state index is -1.49. The third-order valence-corrected chi connectivity index (χ3v) is 3.87. The van der Waals surface area contributed by atoms with E-state index in [2.05, 4.69) is 0 Å². The molecule has 1 aromatic rings. The molecule has 0 aromatic heterocycles. The molecule has 0 radical (unpaired) electrons. The van der Waals surface area contributed by atoms with Crippen LogP contribution in [-0.2, 0) is 15.9 Å². The van der Waals surface area contributed by atoms with Gasteiger partial charge < -0.3 is 45.2 Å². The number of aryl methyl sites for hydroxylation is 1. The minimum absolute atomic E-state index is 0.116. The Bertz CT molecular complexity index is 525. The predicted octanol–water partition coefficient (Wildman–Crippen LogP) is -1.45. The maximum absolute atomic E-state index is 9.81. The molecule has 1 aliphatic rings. The Morgan fingerprint density at radius 2 is 1.58 bits per heavy atom. The number of aliphatic hydroxyl groups is 4. The van der Waals surface area contributed by atoms with E-state index in [0.717, 1.165) is 0 Å². The van der Waals surface area contributed by atoms with Gasteiger partial charge in [-0.3, -0.25) is 0 Å². The van der Waals surface area contributed by atoms with Crippen LogP contribution in [0, 0.1) is 0 Å². The Morgan fingerprint density at radius 1 is 0.958 bits per heavy atom. The summed E-state index contributed by atoms with van der Waals surface area (Å²) in [6, 6.07) is 2.62. The highest BCUT2D eigenvalue weighted by atomic mass is 16.7. The summed E-state index contributed by atoms with van der Waals surface area (Å²) in [6.07, 6.45) is -5.77. The first-order valence-electron chi connectivity index (χ1n) is 7.51. The molecule has 9 nitrogen and oxygen atoms in total. The molecule has 2 rings (SSSR count). The second-order valence-corrected chi connectivity index (χ2v) is 5.65. The number of rotatable bonds is 6. The third kappa shape index (κ3) is 4.07. The lowest BCUT2D eigenvalue weighted by molar-refractivity contribution is -0.301. The monoisotopic (exact) mass is 346 g/mol. The van der Waals surface area contributed by atoms with Crippen molar-refractivity contribution in [2.24, 2.45) is 0 Å². The molecule has 0 bridgehead atoms. The summed E-state index contributed by atoms with van der Waals surface area (Å²) in [5.74, 6) is -1.45. The van der Waals surface area contributed by atoms with E-state index >= 15 is 0 Å². The van der Waals surface area contributed by atoms with Crippen LogP contribution >= 0.6 is 0 Å². The molecule has 1 saturated heterocycles. The molecule has 0 amide bonds. The van der Waals surface area contributed by atoms with Gasteiger partial charge in [0.2, 0.25) is 0 Å². The number of phenolic OH excluding ortho intramolecular Hbond substituents is 3. The molecule has 9 heteroatoms. The number of aromatic hydroxyl groups is 3. The summed E-state index contributed by atoms with van der Waals surface area (Å²) < 4.78 is 10.5. The van der Waals surface area contributed by atoms with Gasteiger partial charge in [-0.1, -0.05) is 0 Å². The van der Waals surface area contributed by atoms with Crippen molar-refractivity contribution < 1.29 is 45.2 Å². The second kappa shape index (κ2) is 7.97. The van der Waals surface area contributed by atoms with Gasteiger partial charge in [-0.25, -0.2) is 0 Å². The topological polar surface area (TPSA) is 160 Å². The second-order valence-electron chi connectivity index (χ2n) is 5.65. The largest absolute Gasteiger partial charge is 0.504 e. The van der Waals surface area contributed by atoms with Gasteiger partial charge in [0.1, 0.15) is 24.4 Å². The highest BCUT2D eigenvalue weighted by Gasteiger charge is 2.43. The van der Waals surface area contributed by atoms with Gasteiger partial charge in [0, 0.05) is 0 Å². The first kappa shape index (κ1) is 18.7. The van der Waals surface area contributed by atoms with Gasteiger partial charge >= 0.3 is 0 Å². The fourth-order valence-corrected chi connectivity index (χ4v) is 2.49. The van der Waals surface area contributed by atoms with E-state index in [9.17, 15) is 30.6 Å². The molecule has 7 N–H and O–H groups in total. The Hall–Kier alpha value is -1.62. The van der Waals surface area contributed by atoms with Crippen LogP contribution in [0.25, 0.3) is 0 Å². The molecule has 5 atom stereocenters. The minimum Gasteiger partial charge on any atom is -0.504 e. The smallest absolute Gasteiger partial charge is 0.200 e. The predicted molar refractivity (Wildman–Crippen MR) is 79.5 cm³/mol. The maximum atomic E-state index is 9.81. The molecule has 136 valence electrons. The van der Waals surface area contributed by atoms with E-state index in [-0.39, 0.29) is 6.61 Å². The zero-order valence-electron chi connectivity index (χ0n) is 12.8. The van der Waals surface area contributed by atoms with Gasteiger partial charge in [0.05, 0.1) is 13.2 Å². The van der Waals surface area contributed by atoms with Crippen molar-refractivity contribution in [1.29, 1.82) is 0 Å².